The normalized spacial score (nSPS) is 12.0. The number of nitrogens with one attached hydrogen (secondary N) is 1. The maximum Gasteiger partial charge on any atom is 0.180 e. The van der Waals surface area contributed by atoms with Gasteiger partial charge < -0.3 is 4.98 Å². The van der Waals surface area contributed by atoms with Crippen molar-refractivity contribution in [2.45, 2.75) is 10.1 Å². The second-order valence-electron chi connectivity index (χ2n) is 5.07. The molecule has 1 heterocycles. The van der Waals surface area contributed by atoms with Crippen LogP contribution in [0.25, 0.3) is 11.0 Å². The van der Waals surface area contributed by atoms with E-state index in [0.717, 1.165) is 23.9 Å². The number of rotatable bonds is 5. The molecule has 0 atom stereocenters. The van der Waals surface area contributed by atoms with Gasteiger partial charge in [0.25, 0.3) is 0 Å². The Labute approximate surface area is 156 Å². The maximum absolute atomic E-state index is 13.2. The number of nitrogens with zero attached hydrogens (tertiary/aromatic N) is 1. The quantitative estimate of drug-likeness (QED) is 0.604. The average Bonchev–Trinajstić information content (AvgIpc) is 2.91. The molecule has 132 valence electrons. The third kappa shape index (κ3) is 4.08. The van der Waals surface area contributed by atoms with Crippen LogP contribution >= 0.6 is 35.0 Å². The van der Waals surface area contributed by atoms with Gasteiger partial charge in [0.05, 0.1) is 26.7 Å². The Morgan fingerprint density at radius 2 is 1.84 bits per heavy atom. The standard InChI is InChI=1S/C15H10Cl2F2N2O2S2/c16-8-1-2-9(17)14(5-8)25(22,23)4-3-24-15-20-12-6-10(18)11(19)7-13(12)21-15/h1-2,5-7H,3-4H2,(H,20,21). The molecule has 2 aromatic carbocycles. The fourth-order valence-electron chi connectivity index (χ4n) is 2.12. The molecule has 1 N–H and O–H groups in total. The van der Waals surface area contributed by atoms with E-state index in [0.29, 0.717) is 10.7 Å². The van der Waals surface area contributed by atoms with Gasteiger partial charge in [0, 0.05) is 22.9 Å². The first kappa shape index (κ1) is 18.4. The average molecular weight is 423 g/mol. The summed E-state index contributed by atoms with van der Waals surface area (Å²) < 4.78 is 51.1. The molecule has 10 heteroatoms. The summed E-state index contributed by atoms with van der Waals surface area (Å²) in [6.07, 6.45) is 0. The fraction of sp³-hybridized carbons (Fsp3) is 0.133. The van der Waals surface area contributed by atoms with E-state index in [-0.39, 0.29) is 32.0 Å². The highest BCUT2D eigenvalue weighted by Gasteiger charge is 2.19. The number of benzene rings is 2. The molecule has 0 aliphatic carbocycles. The molecule has 0 amide bonds. The van der Waals surface area contributed by atoms with E-state index in [1.54, 1.807) is 0 Å². The Balaban J connectivity index is 1.73. The number of imidazole rings is 1. The van der Waals surface area contributed by atoms with Gasteiger partial charge in [-0.2, -0.15) is 0 Å². The van der Waals surface area contributed by atoms with E-state index in [1.807, 2.05) is 0 Å². The topological polar surface area (TPSA) is 62.8 Å². The van der Waals surface area contributed by atoms with Crippen LogP contribution in [-0.4, -0.2) is 29.9 Å². The highest BCUT2D eigenvalue weighted by Crippen LogP contribution is 2.27. The lowest BCUT2D eigenvalue weighted by Crippen LogP contribution is -2.09. The molecule has 0 fully saturated rings. The van der Waals surface area contributed by atoms with Crippen LogP contribution in [0.2, 0.25) is 10.0 Å². The van der Waals surface area contributed by atoms with Crippen molar-refractivity contribution in [3.05, 3.63) is 52.0 Å². The molecule has 3 rings (SSSR count). The Morgan fingerprint density at radius 1 is 1.12 bits per heavy atom. The second-order valence-corrected chi connectivity index (χ2v) is 9.07. The number of H-pyrrole nitrogens is 1. The predicted molar refractivity (Wildman–Crippen MR) is 95.2 cm³/mol. The molecule has 25 heavy (non-hydrogen) atoms. The predicted octanol–water partition coefficient (Wildman–Crippen LogP) is 4.71. The minimum atomic E-state index is -3.63. The van der Waals surface area contributed by atoms with Gasteiger partial charge in [-0.05, 0) is 18.2 Å². The largest absolute Gasteiger partial charge is 0.333 e. The molecule has 0 saturated carbocycles. The van der Waals surface area contributed by atoms with Crippen molar-refractivity contribution < 1.29 is 17.2 Å². The SMILES string of the molecule is O=S(=O)(CCSc1nc2cc(F)c(F)cc2[nH]1)c1cc(Cl)ccc1Cl. The van der Waals surface area contributed by atoms with E-state index in [2.05, 4.69) is 9.97 Å². The number of sulfone groups is 1. The Kier molecular flexibility index (Phi) is 5.24. The summed E-state index contributed by atoms with van der Waals surface area (Å²) in [5.41, 5.74) is 0.601. The van der Waals surface area contributed by atoms with Gasteiger partial charge in [0.2, 0.25) is 0 Å². The number of halogens is 4. The number of hydrogen-bond donors (Lipinski definition) is 1. The first-order valence-electron chi connectivity index (χ1n) is 6.91. The molecule has 0 bridgehead atoms. The van der Waals surface area contributed by atoms with E-state index >= 15 is 0 Å². The molecule has 3 aromatic rings. The summed E-state index contributed by atoms with van der Waals surface area (Å²) in [5, 5.41) is 0.744. The molecule has 0 radical (unpaired) electrons. The van der Waals surface area contributed by atoms with Gasteiger partial charge >= 0.3 is 0 Å². The third-order valence-corrected chi connectivity index (χ3v) is 6.88. The number of aromatic nitrogens is 2. The maximum atomic E-state index is 13.2. The van der Waals surface area contributed by atoms with Gasteiger partial charge in [-0.3, -0.25) is 0 Å². The Bertz CT molecular complexity index is 1020. The van der Waals surface area contributed by atoms with Crippen molar-refractivity contribution in [1.29, 1.82) is 0 Å². The molecule has 4 nitrogen and oxygen atoms in total. The van der Waals surface area contributed by atoms with Gasteiger partial charge in [0.15, 0.2) is 26.6 Å². The van der Waals surface area contributed by atoms with Crippen LogP contribution < -0.4 is 0 Å². The Hall–Kier alpha value is -1.35. The molecular formula is C15H10Cl2F2N2O2S2. The molecule has 0 unspecified atom stereocenters. The molecule has 1 aromatic heterocycles. The van der Waals surface area contributed by atoms with Crippen molar-refractivity contribution >= 4 is 55.8 Å². The summed E-state index contributed by atoms with van der Waals surface area (Å²) in [7, 11) is -3.63. The fourth-order valence-corrected chi connectivity index (χ4v) is 5.47. The monoisotopic (exact) mass is 422 g/mol. The van der Waals surface area contributed by atoms with Crippen LogP contribution in [-0.2, 0) is 9.84 Å². The van der Waals surface area contributed by atoms with Crippen LogP contribution in [0.15, 0.2) is 40.4 Å². The zero-order valence-corrected chi connectivity index (χ0v) is 15.5. The van der Waals surface area contributed by atoms with Crippen LogP contribution in [0.5, 0.6) is 0 Å². The van der Waals surface area contributed by atoms with Gasteiger partial charge in [0.1, 0.15) is 0 Å². The van der Waals surface area contributed by atoms with Crippen LogP contribution in [0, 0.1) is 11.6 Å². The Morgan fingerprint density at radius 3 is 2.60 bits per heavy atom. The highest BCUT2D eigenvalue weighted by atomic mass is 35.5. The lowest BCUT2D eigenvalue weighted by Gasteiger charge is -2.06. The van der Waals surface area contributed by atoms with Crippen molar-refractivity contribution in [3.63, 3.8) is 0 Å². The van der Waals surface area contributed by atoms with Gasteiger partial charge in [-0.15, -0.1) is 0 Å². The number of thioether (sulfide) groups is 1. The van der Waals surface area contributed by atoms with Gasteiger partial charge in [-0.1, -0.05) is 35.0 Å². The lowest BCUT2D eigenvalue weighted by molar-refractivity contribution is 0.510. The van der Waals surface area contributed by atoms with Crippen molar-refractivity contribution in [3.8, 4) is 0 Å². The summed E-state index contributed by atoms with van der Waals surface area (Å²) in [6.45, 7) is 0. The van der Waals surface area contributed by atoms with Gasteiger partial charge in [-0.25, -0.2) is 22.2 Å². The minimum Gasteiger partial charge on any atom is -0.333 e. The van der Waals surface area contributed by atoms with E-state index in [1.165, 1.54) is 18.2 Å². The number of aromatic amines is 1. The summed E-state index contributed by atoms with van der Waals surface area (Å²) in [5.74, 6) is -1.99. The zero-order valence-electron chi connectivity index (χ0n) is 12.4. The van der Waals surface area contributed by atoms with E-state index in [9.17, 15) is 17.2 Å². The first-order valence-corrected chi connectivity index (χ1v) is 10.3. The third-order valence-electron chi connectivity index (χ3n) is 3.32. The minimum absolute atomic E-state index is 0.0315. The van der Waals surface area contributed by atoms with Crippen LogP contribution in [0.4, 0.5) is 8.78 Å². The van der Waals surface area contributed by atoms with E-state index in [4.69, 9.17) is 23.2 Å². The molecule has 0 aliphatic rings. The molecule has 0 spiro atoms. The molecular weight excluding hydrogens is 413 g/mol. The first-order chi connectivity index (χ1) is 11.8. The molecule has 0 aliphatic heterocycles. The van der Waals surface area contributed by atoms with Crippen molar-refractivity contribution in [1.82, 2.24) is 9.97 Å². The molecule has 0 saturated heterocycles. The summed E-state index contributed by atoms with van der Waals surface area (Å²) in [6, 6.07) is 6.21. The van der Waals surface area contributed by atoms with E-state index < -0.39 is 21.5 Å². The van der Waals surface area contributed by atoms with Crippen LogP contribution in [0.1, 0.15) is 0 Å². The summed E-state index contributed by atoms with van der Waals surface area (Å²) in [4.78, 5) is 6.88. The number of hydrogen-bond acceptors (Lipinski definition) is 4. The van der Waals surface area contributed by atoms with Crippen LogP contribution in [0.3, 0.4) is 0 Å². The lowest BCUT2D eigenvalue weighted by atomic mass is 10.3. The van der Waals surface area contributed by atoms with Crippen molar-refractivity contribution in [2.24, 2.45) is 0 Å². The summed E-state index contributed by atoms with van der Waals surface area (Å²) >= 11 is 12.9. The van der Waals surface area contributed by atoms with Crippen molar-refractivity contribution in [2.75, 3.05) is 11.5 Å². The second kappa shape index (κ2) is 7.11. The zero-order chi connectivity index (χ0) is 18.2. The highest BCUT2D eigenvalue weighted by molar-refractivity contribution is 8.00. The number of fused-ring (bicyclic) bond motifs is 1. The smallest absolute Gasteiger partial charge is 0.180 e.